The summed E-state index contributed by atoms with van der Waals surface area (Å²) < 4.78 is 0. The second-order valence-electron chi connectivity index (χ2n) is 5.75. The van der Waals surface area contributed by atoms with Crippen LogP contribution in [0.2, 0.25) is 10.0 Å². The van der Waals surface area contributed by atoms with E-state index in [0.29, 0.717) is 27.9 Å². The van der Waals surface area contributed by atoms with Crippen molar-refractivity contribution in [2.45, 2.75) is 25.3 Å². The average Bonchev–Trinajstić information content (AvgIpc) is 3.11. The molecule has 1 aliphatic carbocycles. The van der Waals surface area contributed by atoms with Crippen LogP contribution in [0.15, 0.2) is 36.4 Å². The van der Waals surface area contributed by atoms with Gasteiger partial charge in [-0.15, -0.1) is 11.3 Å². The Morgan fingerprint density at radius 2 is 2.05 bits per heavy atom. The normalized spacial score (nSPS) is 26.3. The molecular formula is C17H15Cl2NS. The third-order valence-electron chi connectivity index (χ3n) is 4.49. The predicted octanol–water partition coefficient (Wildman–Crippen LogP) is 6.19. The van der Waals surface area contributed by atoms with Crippen LogP contribution in [0.5, 0.6) is 0 Å². The zero-order valence-electron chi connectivity index (χ0n) is 11.6. The van der Waals surface area contributed by atoms with Crippen molar-refractivity contribution in [2.75, 3.05) is 5.32 Å². The van der Waals surface area contributed by atoms with Gasteiger partial charge in [0.1, 0.15) is 0 Å². The highest BCUT2D eigenvalue weighted by molar-refractivity contribution is 7.12. The molecule has 1 N–H and O–H groups in total. The minimum atomic E-state index is 0.312. The van der Waals surface area contributed by atoms with Crippen LogP contribution in [0, 0.1) is 12.8 Å². The molecule has 1 aromatic carbocycles. The molecule has 1 aliphatic heterocycles. The molecule has 0 saturated carbocycles. The molecule has 1 aromatic heterocycles. The number of benzene rings is 1. The van der Waals surface area contributed by atoms with Crippen molar-refractivity contribution in [1.29, 1.82) is 0 Å². The minimum Gasteiger partial charge on any atom is -0.376 e. The summed E-state index contributed by atoms with van der Waals surface area (Å²) in [6.07, 6.45) is 5.73. The number of rotatable bonds is 1. The Morgan fingerprint density at radius 3 is 2.81 bits per heavy atom. The Hall–Kier alpha value is -0.960. The first-order valence-corrected chi connectivity index (χ1v) is 8.70. The summed E-state index contributed by atoms with van der Waals surface area (Å²) in [5.41, 5.74) is 2.28. The lowest BCUT2D eigenvalue weighted by atomic mass is 9.79. The Morgan fingerprint density at radius 1 is 1.19 bits per heavy atom. The Labute approximate surface area is 138 Å². The van der Waals surface area contributed by atoms with Crippen LogP contribution in [-0.4, -0.2) is 0 Å². The van der Waals surface area contributed by atoms with Crippen molar-refractivity contribution < 1.29 is 0 Å². The number of hydrogen-bond donors (Lipinski definition) is 1. The lowest BCUT2D eigenvalue weighted by Crippen LogP contribution is -2.28. The van der Waals surface area contributed by atoms with E-state index in [1.54, 1.807) is 0 Å². The van der Waals surface area contributed by atoms with Gasteiger partial charge >= 0.3 is 0 Å². The molecule has 3 atom stereocenters. The van der Waals surface area contributed by atoms with Crippen LogP contribution in [0.25, 0.3) is 0 Å². The van der Waals surface area contributed by atoms with Gasteiger partial charge in [-0.3, -0.25) is 0 Å². The molecular weight excluding hydrogens is 321 g/mol. The summed E-state index contributed by atoms with van der Waals surface area (Å²) in [7, 11) is 0. The topological polar surface area (TPSA) is 12.0 Å². The van der Waals surface area contributed by atoms with E-state index in [-0.39, 0.29) is 0 Å². The average molecular weight is 336 g/mol. The molecule has 3 unspecified atom stereocenters. The smallest absolute Gasteiger partial charge is 0.0826 e. The van der Waals surface area contributed by atoms with Crippen molar-refractivity contribution >= 4 is 40.2 Å². The van der Waals surface area contributed by atoms with Gasteiger partial charge in [0.15, 0.2) is 0 Å². The number of nitrogens with one attached hydrogen (secondary N) is 1. The van der Waals surface area contributed by atoms with E-state index in [1.807, 2.05) is 17.4 Å². The SMILES string of the molecule is Cc1ccc(C2Nc3c(ccc(Cl)c3Cl)C3C=CCC32)s1. The zero-order valence-corrected chi connectivity index (χ0v) is 13.9. The fourth-order valence-electron chi connectivity index (χ4n) is 3.50. The summed E-state index contributed by atoms with van der Waals surface area (Å²) in [6.45, 7) is 2.15. The quantitative estimate of drug-likeness (QED) is 0.612. The van der Waals surface area contributed by atoms with Crippen LogP contribution >= 0.6 is 34.5 Å². The summed E-state index contributed by atoms with van der Waals surface area (Å²) in [5.74, 6) is 0.996. The standard InChI is InChI=1S/C17H15Cl2NS/c1-9-5-8-14(21-9)16-11-4-2-3-10(11)12-6-7-13(18)15(19)17(12)20-16/h2-3,5-8,10-11,16,20H,4H2,1H3. The molecule has 2 heterocycles. The van der Waals surface area contributed by atoms with Crippen molar-refractivity contribution in [3.8, 4) is 0 Å². The molecule has 0 fully saturated rings. The van der Waals surface area contributed by atoms with Gasteiger partial charge in [0.2, 0.25) is 0 Å². The van der Waals surface area contributed by atoms with Crippen LogP contribution in [-0.2, 0) is 0 Å². The first kappa shape index (κ1) is 13.7. The maximum atomic E-state index is 6.44. The van der Waals surface area contributed by atoms with Gasteiger partial charge in [0, 0.05) is 15.7 Å². The highest BCUT2D eigenvalue weighted by Gasteiger charge is 2.39. The number of thiophene rings is 1. The molecule has 4 heteroatoms. The van der Waals surface area contributed by atoms with E-state index in [9.17, 15) is 0 Å². The number of fused-ring (bicyclic) bond motifs is 3. The number of anilines is 1. The highest BCUT2D eigenvalue weighted by Crippen LogP contribution is 2.53. The van der Waals surface area contributed by atoms with E-state index in [2.05, 4.69) is 42.6 Å². The first-order valence-electron chi connectivity index (χ1n) is 7.12. The van der Waals surface area contributed by atoms with Gasteiger partial charge in [-0.2, -0.15) is 0 Å². The largest absolute Gasteiger partial charge is 0.376 e. The Balaban J connectivity index is 1.84. The first-order chi connectivity index (χ1) is 10.1. The molecule has 0 radical (unpaired) electrons. The number of halogens is 2. The number of aryl methyl sites for hydroxylation is 1. The third-order valence-corrected chi connectivity index (χ3v) is 6.38. The van der Waals surface area contributed by atoms with Gasteiger partial charge in [0.25, 0.3) is 0 Å². The molecule has 1 nitrogen and oxygen atoms in total. The van der Waals surface area contributed by atoms with Gasteiger partial charge in [0.05, 0.1) is 21.8 Å². The maximum Gasteiger partial charge on any atom is 0.0826 e. The Bertz CT molecular complexity index is 734. The molecule has 2 aromatic rings. The summed E-state index contributed by atoms with van der Waals surface area (Å²) in [4.78, 5) is 2.73. The van der Waals surface area contributed by atoms with Crippen LogP contribution in [0.3, 0.4) is 0 Å². The van der Waals surface area contributed by atoms with Crippen molar-refractivity contribution in [2.24, 2.45) is 5.92 Å². The second kappa shape index (κ2) is 5.05. The van der Waals surface area contributed by atoms with Crippen molar-refractivity contribution in [3.05, 3.63) is 61.8 Å². The van der Waals surface area contributed by atoms with Gasteiger partial charge in [-0.25, -0.2) is 0 Å². The second-order valence-corrected chi connectivity index (χ2v) is 7.85. The molecule has 4 rings (SSSR count). The van der Waals surface area contributed by atoms with E-state index < -0.39 is 0 Å². The van der Waals surface area contributed by atoms with Gasteiger partial charge < -0.3 is 5.32 Å². The summed E-state index contributed by atoms with van der Waals surface area (Å²) >= 11 is 14.5. The van der Waals surface area contributed by atoms with Gasteiger partial charge in [-0.05, 0) is 43.0 Å². The molecule has 0 saturated heterocycles. The van der Waals surface area contributed by atoms with Crippen LogP contribution < -0.4 is 5.32 Å². The molecule has 0 bridgehead atoms. The van der Waals surface area contributed by atoms with Crippen molar-refractivity contribution in [3.63, 3.8) is 0 Å². The highest BCUT2D eigenvalue weighted by atomic mass is 35.5. The zero-order chi connectivity index (χ0) is 14.6. The number of hydrogen-bond acceptors (Lipinski definition) is 2. The van der Waals surface area contributed by atoms with Crippen molar-refractivity contribution in [1.82, 2.24) is 0 Å². The monoisotopic (exact) mass is 335 g/mol. The lowest BCUT2D eigenvalue weighted by Gasteiger charge is -2.37. The summed E-state index contributed by atoms with van der Waals surface area (Å²) in [6, 6.07) is 8.75. The molecule has 0 spiro atoms. The predicted molar refractivity (Wildman–Crippen MR) is 91.9 cm³/mol. The van der Waals surface area contributed by atoms with E-state index in [0.717, 1.165) is 12.1 Å². The van der Waals surface area contributed by atoms with E-state index in [4.69, 9.17) is 23.2 Å². The molecule has 0 amide bonds. The molecule has 108 valence electrons. The van der Waals surface area contributed by atoms with Crippen LogP contribution in [0.4, 0.5) is 5.69 Å². The number of allylic oxidation sites excluding steroid dienone is 2. The van der Waals surface area contributed by atoms with E-state index >= 15 is 0 Å². The Kier molecular flexibility index (Phi) is 3.29. The maximum absolute atomic E-state index is 6.44. The summed E-state index contributed by atoms with van der Waals surface area (Å²) in [5, 5.41) is 4.92. The third kappa shape index (κ3) is 2.12. The minimum absolute atomic E-state index is 0.312. The van der Waals surface area contributed by atoms with Gasteiger partial charge in [-0.1, -0.05) is 41.4 Å². The van der Waals surface area contributed by atoms with E-state index in [1.165, 1.54) is 15.3 Å². The fraction of sp³-hybridized carbons (Fsp3) is 0.294. The lowest BCUT2D eigenvalue weighted by molar-refractivity contribution is 0.430. The fourth-order valence-corrected chi connectivity index (χ4v) is 4.89. The van der Waals surface area contributed by atoms with Crippen LogP contribution in [0.1, 0.15) is 33.7 Å². The molecule has 2 aliphatic rings. The molecule has 21 heavy (non-hydrogen) atoms.